The van der Waals surface area contributed by atoms with E-state index in [1.54, 1.807) is 0 Å². The van der Waals surface area contributed by atoms with Crippen LogP contribution in [0.25, 0.3) is 0 Å². The van der Waals surface area contributed by atoms with Crippen LogP contribution >= 0.6 is 7.92 Å². The Morgan fingerprint density at radius 3 is 1.61 bits per heavy atom. The lowest BCUT2D eigenvalue weighted by atomic mass is 9.89. The van der Waals surface area contributed by atoms with Crippen LogP contribution in [0.4, 0.5) is 0 Å². The molecule has 4 aromatic rings. The van der Waals surface area contributed by atoms with Gasteiger partial charge in [-0.25, -0.2) is 0 Å². The number of aryl methyl sites for hydroxylation is 1. The molecule has 2 amide bonds. The van der Waals surface area contributed by atoms with Gasteiger partial charge in [-0.2, -0.15) is 0 Å². The van der Waals surface area contributed by atoms with Crippen LogP contribution in [0.3, 0.4) is 0 Å². The molecule has 2 atom stereocenters. The van der Waals surface area contributed by atoms with Gasteiger partial charge in [0.1, 0.15) is 0 Å². The van der Waals surface area contributed by atoms with E-state index in [1.807, 2.05) is 61.5 Å². The Bertz CT molecular complexity index is 1350. The maximum Gasteiger partial charge on any atom is 0.252 e. The lowest BCUT2D eigenvalue weighted by molar-refractivity contribution is 0.0863. The van der Waals surface area contributed by atoms with Crippen molar-refractivity contribution in [2.24, 2.45) is 0 Å². The average molecular weight is 521 g/mol. The molecule has 2 unspecified atom stereocenters. The van der Waals surface area contributed by atoms with Gasteiger partial charge in [0.25, 0.3) is 11.8 Å². The molecule has 2 N–H and O–H groups in total. The van der Waals surface area contributed by atoms with Gasteiger partial charge in [-0.3, -0.25) is 9.59 Å². The van der Waals surface area contributed by atoms with Crippen LogP contribution < -0.4 is 26.5 Å². The Morgan fingerprint density at radius 1 is 0.605 bits per heavy atom. The van der Waals surface area contributed by atoms with Gasteiger partial charge in [-0.05, 0) is 61.3 Å². The molecular weight excluding hydrogens is 487 g/mol. The lowest BCUT2D eigenvalue weighted by Crippen LogP contribution is -2.53. The Labute approximate surface area is 226 Å². The first kappa shape index (κ1) is 25.9. The second kappa shape index (κ2) is 12.2. The topological polar surface area (TPSA) is 58.2 Å². The summed E-state index contributed by atoms with van der Waals surface area (Å²) in [6, 6.07) is 36.2. The predicted octanol–water partition coefficient (Wildman–Crippen LogP) is 5.22. The summed E-state index contributed by atoms with van der Waals surface area (Å²) in [6.45, 7) is 1.95. The molecule has 0 aliphatic heterocycles. The smallest absolute Gasteiger partial charge is 0.252 e. The molecule has 1 aliphatic carbocycles. The molecule has 38 heavy (non-hydrogen) atoms. The third-order valence-electron chi connectivity index (χ3n) is 7.21. The van der Waals surface area contributed by atoms with E-state index >= 15 is 0 Å². The largest absolute Gasteiger partial charge is 0.347 e. The van der Waals surface area contributed by atoms with Crippen LogP contribution in [0.2, 0.25) is 0 Å². The van der Waals surface area contributed by atoms with E-state index < -0.39 is 7.92 Å². The summed E-state index contributed by atoms with van der Waals surface area (Å²) in [5, 5.41) is 9.98. The van der Waals surface area contributed by atoms with Gasteiger partial charge in [0, 0.05) is 23.2 Å². The zero-order valence-electron chi connectivity index (χ0n) is 21.6. The Kier molecular flexibility index (Phi) is 8.31. The standard InChI is InChI=1S/C33H33N2O2P/c1-24-14-8-9-19-27(24)32(36)34-29-21-11-12-22-30(29)35-33(37)28-20-10-13-23-31(28)38(25-15-4-2-5-16-25)26-17-6-3-7-18-26/h2-10,13-20,23,29-30H,11-12,21-22H2,1H3,(H,34,36)(H,35,37). The minimum atomic E-state index is -0.912. The predicted molar refractivity (Wildman–Crippen MR) is 157 cm³/mol. The number of hydrogen-bond donors (Lipinski definition) is 2. The van der Waals surface area contributed by atoms with Crippen LogP contribution in [0.15, 0.2) is 109 Å². The van der Waals surface area contributed by atoms with Crippen LogP contribution in [0.1, 0.15) is 52.0 Å². The maximum absolute atomic E-state index is 13.8. The highest BCUT2D eigenvalue weighted by atomic mass is 31.1. The number of amides is 2. The minimum absolute atomic E-state index is 0.0775. The Balaban J connectivity index is 1.41. The lowest BCUT2D eigenvalue weighted by Gasteiger charge is -2.33. The number of rotatable bonds is 7. The van der Waals surface area contributed by atoms with E-state index in [0.29, 0.717) is 11.1 Å². The fourth-order valence-corrected chi connectivity index (χ4v) is 7.69. The fraction of sp³-hybridized carbons (Fsp3) is 0.212. The van der Waals surface area contributed by atoms with Gasteiger partial charge in [0.15, 0.2) is 0 Å². The van der Waals surface area contributed by atoms with Crippen LogP contribution in [-0.2, 0) is 0 Å². The van der Waals surface area contributed by atoms with Gasteiger partial charge in [-0.15, -0.1) is 0 Å². The second-order valence-corrected chi connectivity index (χ2v) is 12.0. The normalized spacial score (nSPS) is 17.1. The molecule has 0 spiro atoms. The molecule has 0 radical (unpaired) electrons. The van der Waals surface area contributed by atoms with Crippen molar-refractivity contribution in [3.63, 3.8) is 0 Å². The van der Waals surface area contributed by atoms with Crippen LogP contribution in [0.5, 0.6) is 0 Å². The number of carbonyl (C=O) groups is 2. The molecule has 0 saturated heterocycles. The van der Waals surface area contributed by atoms with Gasteiger partial charge in [0.2, 0.25) is 0 Å². The zero-order valence-corrected chi connectivity index (χ0v) is 22.5. The molecule has 0 bridgehead atoms. The summed E-state index contributed by atoms with van der Waals surface area (Å²) < 4.78 is 0. The first-order chi connectivity index (χ1) is 18.6. The summed E-state index contributed by atoms with van der Waals surface area (Å²) in [5.41, 5.74) is 2.33. The van der Waals surface area contributed by atoms with Crippen molar-refractivity contribution < 1.29 is 9.59 Å². The monoisotopic (exact) mass is 520 g/mol. The van der Waals surface area contributed by atoms with Crippen molar-refractivity contribution in [3.8, 4) is 0 Å². The van der Waals surface area contributed by atoms with Crippen molar-refractivity contribution in [1.82, 2.24) is 10.6 Å². The highest BCUT2D eigenvalue weighted by Gasteiger charge is 2.30. The number of carbonyl (C=O) groups excluding carboxylic acids is 2. The summed E-state index contributed by atoms with van der Waals surface area (Å²) in [5.74, 6) is -0.159. The van der Waals surface area contributed by atoms with Crippen molar-refractivity contribution in [3.05, 3.63) is 126 Å². The molecule has 192 valence electrons. The van der Waals surface area contributed by atoms with Crippen LogP contribution in [-0.4, -0.2) is 23.9 Å². The minimum Gasteiger partial charge on any atom is -0.347 e. The van der Waals surface area contributed by atoms with Crippen molar-refractivity contribution in [2.45, 2.75) is 44.7 Å². The maximum atomic E-state index is 13.8. The van der Waals surface area contributed by atoms with Gasteiger partial charge in [0.05, 0.1) is 0 Å². The molecule has 5 heteroatoms. The van der Waals surface area contributed by atoms with E-state index in [0.717, 1.165) is 36.6 Å². The average Bonchev–Trinajstić information content (AvgIpc) is 2.96. The molecule has 1 fully saturated rings. The summed E-state index contributed by atoms with van der Waals surface area (Å²) >= 11 is 0. The van der Waals surface area contributed by atoms with Crippen LogP contribution in [0, 0.1) is 6.92 Å². The van der Waals surface area contributed by atoms with Gasteiger partial charge < -0.3 is 10.6 Å². The third kappa shape index (κ3) is 5.87. The van der Waals surface area contributed by atoms with E-state index in [1.165, 1.54) is 10.6 Å². The molecule has 0 heterocycles. The van der Waals surface area contributed by atoms with Crippen molar-refractivity contribution in [1.29, 1.82) is 0 Å². The first-order valence-corrected chi connectivity index (χ1v) is 14.6. The molecular formula is C33H33N2O2P. The first-order valence-electron chi connectivity index (χ1n) is 13.3. The highest BCUT2D eigenvalue weighted by Crippen LogP contribution is 2.34. The van der Waals surface area contributed by atoms with E-state index in [2.05, 4.69) is 65.2 Å². The SMILES string of the molecule is Cc1ccccc1C(=O)NC1CCCCC1NC(=O)c1ccccc1P(c1ccccc1)c1ccccc1. The third-order valence-corrected chi connectivity index (χ3v) is 9.71. The van der Waals surface area contributed by atoms with Crippen molar-refractivity contribution >= 4 is 35.6 Å². The second-order valence-electron chi connectivity index (χ2n) is 9.78. The van der Waals surface area contributed by atoms with E-state index in [4.69, 9.17) is 0 Å². The Hall–Kier alpha value is -3.75. The zero-order chi connectivity index (χ0) is 26.3. The van der Waals surface area contributed by atoms with Crippen molar-refractivity contribution in [2.75, 3.05) is 0 Å². The molecule has 1 saturated carbocycles. The molecule has 0 aromatic heterocycles. The number of hydrogen-bond acceptors (Lipinski definition) is 2. The molecule has 4 nitrogen and oxygen atoms in total. The van der Waals surface area contributed by atoms with Gasteiger partial charge >= 0.3 is 0 Å². The Morgan fingerprint density at radius 2 is 1.05 bits per heavy atom. The summed E-state index contributed by atoms with van der Waals surface area (Å²) in [7, 11) is -0.912. The van der Waals surface area contributed by atoms with E-state index in [9.17, 15) is 9.59 Å². The summed E-state index contributed by atoms with van der Waals surface area (Å²) in [4.78, 5) is 26.9. The van der Waals surface area contributed by atoms with E-state index in [-0.39, 0.29) is 23.9 Å². The number of benzene rings is 4. The quantitative estimate of drug-likeness (QED) is 0.328. The number of nitrogens with one attached hydrogen (secondary N) is 2. The fourth-order valence-electron chi connectivity index (χ4n) is 5.24. The van der Waals surface area contributed by atoms with Gasteiger partial charge in [-0.1, -0.05) is 110 Å². The molecule has 5 rings (SSSR count). The highest BCUT2D eigenvalue weighted by molar-refractivity contribution is 7.80. The molecule has 1 aliphatic rings. The summed E-state index contributed by atoms with van der Waals surface area (Å²) in [6.07, 6.45) is 3.77. The molecule has 4 aromatic carbocycles.